The molecule has 4 amide bonds. The molecule has 0 atom stereocenters. The maximum atomic E-state index is 13.3. The van der Waals surface area contributed by atoms with Crippen LogP contribution in [0.1, 0.15) is 74.2 Å². The summed E-state index contributed by atoms with van der Waals surface area (Å²) >= 11 is 3.50. The van der Waals surface area contributed by atoms with Crippen LogP contribution in [0.5, 0.6) is 23.0 Å². The summed E-state index contributed by atoms with van der Waals surface area (Å²) < 4.78 is 22.7. The maximum Gasteiger partial charge on any atom is 0.253 e. The van der Waals surface area contributed by atoms with E-state index in [9.17, 15) is 19.2 Å². The number of aryl methyl sites for hydroxylation is 3. The van der Waals surface area contributed by atoms with Gasteiger partial charge in [0.05, 0.1) is 10.8 Å². The van der Waals surface area contributed by atoms with Crippen LogP contribution in [-0.2, 0) is 20.4 Å². The first-order valence-electron chi connectivity index (χ1n) is 22.5. The average Bonchev–Trinajstić information content (AvgIpc) is 4.23. The molecule has 2 saturated carbocycles. The largest absolute Gasteiger partial charge is 0.454 e. The number of rotatable bonds is 9. The van der Waals surface area contributed by atoms with E-state index in [0.717, 1.165) is 97.7 Å². The third-order valence-corrected chi connectivity index (χ3v) is 13.6. The molecule has 2 aliphatic carbocycles. The van der Waals surface area contributed by atoms with Gasteiger partial charge in [-0.25, -0.2) is 0 Å². The number of ether oxygens (including phenoxy) is 4. The van der Waals surface area contributed by atoms with Gasteiger partial charge in [-0.05, 0) is 153 Å². The first kappa shape index (κ1) is 47.4. The van der Waals surface area contributed by atoms with Crippen molar-refractivity contribution in [3.05, 3.63) is 165 Å². The van der Waals surface area contributed by atoms with Gasteiger partial charge in [-0.2, -0.15) is 0 Å². The molecule has 13 heteroatoms. The second-order valence-corrected chi connectivity index (χ2v) is 18.9. The highest BCUT2D eigenvalue weighted by molar-refractivity contribution is 9.10. The normalized spacial score (nSPS) is 14.8. The van der Waals surface area contributed by atoms with E-state index in [1.165, 1.54) is 5.56 Å². The van der Waals surface area contributed by atoms with E-state index in [1.54, 1.807) is 38.0 Å². The van der Waals surface area contributed by atoms with Crippen LogP contribution in [0.2, 0.25) is 0 Å². The van der Waals surface area contributed by atoms with Crippen LogP contribution < -0.4 is 29.6 Å². The Balaban J connectivity index is 0.000000154. The van der Waals surface area contributed by atoms with Crippen molar-refractivity contribution in [2.45, 2.75) is 57.3 Å². The molecular weight excluding hydrogens is 925 g/mol. The summed E-state index contributed by atoms with van der Waals surface area (Å²) in [5, 5.41) is 6.16. The highest BCUT2D eigenvalue weighted by Gasteiger charge is 2.52. The summed E-state index contributed by atoms with van der Waals surface area (Å²) in [6, 6.07) is 38.4. The fraction of sp³-hybridized carbons (Fsp3) is 0.273. The molecule has 350 valence electrons. The minimum atomic E-state index is -0.528. The standard InChI is InChI=1S/C27H26N2O4.C18H16BrNO3.C10H13NO/c1-17-4-10-21(15-22(17)18-5-7-19(8-6-18)25(30)29(2)3)28-26(31)27(12-13-27)20-9-11-23-24(14-20)33-16-32-23;1-11-2-4-13(9-14(11)19)20-17(21)18(6-7-18)12-3-5-15-16(8-12)23-10-22-15;1-8-4-6-9(7-5-8)10(12)11(2)3/h4-11,14-15H,12-13,16H2,1-3H3,(H,28,31);2-5,8-9H,6-7,10H2,1H3,(H,20,21);4-7H,1-3H3. The molecule has 4 aliphatic rings. The minimum Gasteiger partial charge on any atom is -0.454 e. The van der Waals surface area contributed by atoms with Crippen molar-refractivity contribution in [2.75, 3.05) is 52.4 Å². The molecule has 2 N–H and O–H groups in total. The van der Waals surface area contributed by atoms with E-state index in [1.807, 2.05) is 142 Å². The quantitative estimate of drug-likeness (QED) is 0.146. The summed E-state index contributed by atoms with van der Waals surface area (Å²) in [7, 11) is 6.98. The molecule has 0 bridgehead atoms. The van der Waals surface area contributed by atoms with Crippen LogP contribution in [0.4, 0.5) is 11.4 Å². The number of fused-ring (bicyclic) bond motifs is 2. The smallest absolute Gasteiger partial charge is 0.253 e. The maximum absolute atomic E-state index is 13.3. The Labute approximate surface area is 405 Å². The van der Waals surface area contributed by atoms with Crippen LogP contribution in [0, 0.1) is 20.8 Å². The van der Waals surface area contributed by atoms with Crippen LogP contribution in [0.15, 0.2) is 126 Å². The van der Waals surface area contributed by atoms with E-state index >= 15 is 0 Å². The number of nitrogens with one attached hydrogen (secondary N) is 2. The predicted molar refractivity (Wildman–Crippen MR) is 267 cm³/mol. The summed E-state index contributed by atoms with van der Waals surface area (Å²) in [5.74, 6) is 2.92. The molecular formula is C55H55BrN4O8. The van der Waals surface area contributed by atoms with Crippen molar-refractivity contribution >= 4 is 50.9 Å². The first-order valence-corrected chi connectivity index (χ1v) is 23.3. The number of hydrogen-bond donors (Lipinski definition) is 2. The predicted octanol–water partition coefficient (Wildman–Crippen LogP) is 10.6. The summed E-state index contributed by atoms with van der Waals surface area (Å²) in [5.41, 5.74) is 9.33. The van der Waals surface area contributed by atoms with E-state index in [-0.39, 0.29) is 37.2 Å². The van der Waals surface area contributed by atoms with Crippen LogP contribution in [0.25, 0.3) is 11.1 Å². The lowest BCUT2D eigenvalue weighted by Crippen LogP contribution is -2.27. The molecule has 10 rings (SSSR count). The number of hydrogen-bond acceptors (Lipinski definition) is 8. The monoisotopic (exact) mass is 978 g/mol. The average molecular weight is 980 g/mol. The van der Waals surface area contributed by atoms with Gasteiger partial charge in [-0.1, -0.05) is 70.0 Å². The van der Waals surface area contributed by atoms with E-state index in [0.29, 0.717) is 11.3 Å². The topological polar surface area (TPSA) is 136 Å². The molecule has 2 heterocycles. The lowest BCUT2D eigenvalue weighted by atomic mass is 9.94. The number of anilines is 2. The van der Waals surface area contributed by atoms with Gasteiger partial charge in [0.25, 0.3) is 11.8 Å². The van der Waals surface area contributed by atoms with E-state index in [2.05, 4.69) is 26.6 Å². The molecule has 0 unspecified atom stereocenters. The van der Waals surface area contributed by atoms with Crippen molar-refractivity contribution < 1.29 is 38.1 Å². The molecule has 0 saturated heterocycles. The van der Waals surface area contributed by atoms with Gasteiger partial charge < -0.3 is 39.4 Å². The van der Waals surface area contributed by atoms with Crippen molar-refractivity contribution in [1.82, 2.24) is 9.80 Å². The second kappa shape index (κ2) is 19.6. The number of nitrogens with zero attached hydrogens (tertiary/aromatic N) is 2. The highest BCUT2D eigenvalue weighted by atomic mass is 79.9. The lowest BCUT2D eigenvalue weighted by Gasteiger charge is -2.17. The highest BCUT2D eigenvalue weighted by Crippen LogP contribution is 2.52. The Hall–Kier alpha value is -7.12. The second-order valence-electron chi connectivity index (χ2n) is 18.0. The molecule has 68 heavy (non-hydrogen) atoms. The van der Waals surface area contributed by atoms with E-state index < -0.39 is 10.8 Å². The Bertz CT molecular complexity index is 2890. The van der Waals surface area contributed by atoms with Gasteiger partial charge in [-0.15, -0.1) is 0 Å². The molecule has 6 aromatic carbocycles. The Morgan fingerprint density at radius 3 is 1.37 bits per heavy atom. The SMILES string of the molecule is Cc1ccc(C(=O)N(C)C)cc1.Cc1ccc(NC(=O)C2(c3ccc4c(c3)OCO4)CC2)cc1-c1ccc(C(=O)N(C)C)cc1.Cc1ccc(NC(=O)C2(c3ccc4c(c3)OCO4)CC2)cc1Br. The first-order chi connectivity index (χ1) is 32.6. The zero-order valence-corrected chi connectivity index (χ0v) is 40.9. The summed E-state index contributed by atoms with van der Waals surface area (Å²) in [6.07, 6.45) is 3.31. The molecule has 6 aromatic rings. The van der Waals surface area contributed by atoms with Crippen molar-refractivity contribution in [3.63, 3.8) is 0 Å². The minimum absolute atomic E-state index is 0.0110. The van der Waals surface area contributed by atoms with Crippen molar-refractivity contribution in [2.24, 2.45) is 0 Å². The number of benzene rings is 6. The van der Waals surface area contributed by atoms with E-state index in [4.69, 9.17) is 18.9 Å². The molecule has 0 aromatic heterocycles. The zero-order chi connectivity index (χ0) is 48.3. The number of carbonyl (C=O) groups excluding carboxylic acids is 4. The van der Waals surface area contributed by atoms with Gasteiger partial charge in [0.15, 0.2) is 23.0 Å². The Kier molecular flexibility index (Phi) is 13.7. The van der Waals surface area contributed by atoms with Gasteiger partial charge in [-0.3, -0.25) is 19.2 Å². The third-order valence-electron chi connectivity index (χ3n) is 12.7. The van der Waals surface area contributed by atoms with Crippen molar-refractivity contribution in [1.29, 1.82) is 0 Å². The van der Waals surface area contributed by atoms with Crippen LogP contribution in [-0.4, -0.2) is 75.2 Å². The number of halogens is 1. The Morgan fingerprint density at radius 2 is 0.926 bits per heavy atom. The fourth-order valence-corrected chi connectivity index (χ4v) is 8.50. The van der Waals surface area contributed by atoms with Crippen LogP contribution >= 0.6 is 15.9 Å². The molecule has 2 fully saturated rings. The molecule has 0 spiro atoms. The van der Waals surface area contributed by atoms with Gasteiger partial charge >= 0.3 is 0 Å². The van der Waals surface area contributed by atoms with Gasteiger partial charge in [0.1, 0.15) is 0 Å². The summed E-state index contributed by atoms with van der Waals surface area (Å²) in [6.45, 7) is 6.52. The Morgan fingerprint density at radius 1 is 0.500 bits per heavy atom. The zero-order valence-electron chi connectivity index (χ0n) is 39.3. The van der Waals surface area contributed by atoms with Gasteiger partial charge in [0.2, 0.25) is 25.4 Å². The molecule has 2 aliphatic heterocycles. The number of carbonyl (C=O) groups is 4. The molecule has 12 nitrogen and oxygen atoms in total. The van der Waals surface area contributed by atoms with Crippen molar-refractivity contribution in [3.8, 4) is 34.1 Å². The third kappa shape index (κ3) is 10.2. The molecule has 0 radical (unpaired) electrons. The van der Waals surface area contributed by atoms with Gasteiger partial charge in [0, 0.05) is 55.2 Å². The summed E-state index contributed by atoms with van der Waals surface area (Å²) in [4.78, 5) is 52.8. The lowest BCUT2D eigenvalue weighted by molar-refractivity contribution is -0.119. The van der Waals surface area contributed by atoms with Crippen LogP contribution in [0.3, 0.4) is 0 Å². The number of amides is 4. The fourth-order valence-electron chi connectivity index (χ4n) is 8.12.